The summed E-state index contributed by atoms with van der Waals surface area (Å²) in [6, 6.07) is 17.0. The molecule has 0 bridgehead atoms. The van der Waals surface area contributed by atoms with Crippen LogP contribution in [0.1, 0.15) is 23.2 Å². The molecule has 0 spiro atoms. The molecule has 3 N–H and O–H groups in total. The van der Waals surface area contributed by atoms with Gasteiger partial charge < -0.3 is 15.8 Å². The van der Waals surface area contributed by atoms with Crippen molar-refractivity contribution in [2.24, 2.45) is 5.73 Å². The van der Waals surface area contributed by atoms with E-state index in [0.29, 0.717) is 12.2 Å². The summed E-state index contributed by atoms with van der Waals surface area (Å²) >= 11 is 0. The van der Waals surface area contributed by atoms with Crippen LogP contribution in [-0.4, -0.2) is 19.1 Å². The average molecular weight is 284 g/mol. The molecule has 1 amide bonds. The molecule has 110 valence electrons. The first kappa shape index (κ1) is 14.9. The number of carbonyl (C=O) groups is 1. The lowest BCUT2D eigenvalue weighted by Gasteiger charge is -2.08. The molecular formula is C17H20N2O2. The maximum atomic E-state index is 10.9. The Kier molecular flexibility index (Phi) is 5.64. The number of hydrogen-bond donors (Lipinski definition) is 2. The van der Waals surface area contributed by atoms with Crippen LogP contribution in [0.4, 0.5) is 5.69 Å². The minimum absolute atomic E-state index is 0.403. The lowest BCUT2D eigenvalue weighted by Crippen LogP contribution is -2.11. The second kappa shape index (κ2) is 7.94. The van der Waals surface area contributed by atoms with Gasteiger partial charge in [-0.15, -0.1) is 0 Å². The summed E-state index contributed by atoms with van der Waals surface area (Å²) in [4.78, 5) is 10.9. The van der Waals surface area contributed by atoms with E-state index in [0.717, 1.165) is 30.8 Å². The van der Waals surface area contributed by atoms with Crippen LogP contribution >= 0.6 is 0 Å². The Hall–Kier alpha value is -2.49. The number of primary amides is 1. The Morgan fingerprint density at radius 1 is 1.00 bits per heavy atom. The third-order valence-corrected chi connectivity index (χ3v) is 3.08. The van der Waals surface area contributed by atoms with Crippen molar-refractivity contribution >= 4 is 11.6 Å². The topological polar surface area (TPSA) is 64.4 Å². The fourth-order valence-corrected chi connectivity index (χ4v) is 1.92. The van der Waals surface area contributed by atoms with E-state index < -0.39 is 5.91 Å². The minimum Gasteiger partial charge on any atom is -0.494 e. The lowest BCUT2D eigenvalue weighted by atomic mass is 10.2. The van der Waals surface area contributed by atoms with Crippen molar-refractivity contribution in [3.8, 4) is 5.75 Å². The maximum absolute atomic E-state index is 10.9. The van der Waals surface area contributed by atoms with Crippen LogP contribution < -0.4 is 15.8 Å². The molecule has 4 heteroatoms. The molecule has 0 unspecified atom stereocenters. The molecule has 0 saturated carbocycles. The zero-order valence-electron chi connectivity index (χ0n) is 11.9. The van der Waals surface area contributed by atoms with Gasteiger partial charge in [0.25, 0.3) is 0 Å². The van der Waals surface area contributed by atoms with E-state index >= 15 is 0 Å². The van der Waals surface area contributed by atoms with Gasteiger partial charge >= 0.3 is 0 Å². The highest BCUT2D eigenvalue weighted by Gasteiger charge is 1.99. The van der Waals surface area contributed by atoms with Crippen molar-refractivity contribution in [2.75, 3.05) is 18.5 Å². The highest BCUT2D eigenvalue weighted by atomic mass is 16.5. The molecule has 0 aliphatic carbocycles. The van der Waals surface area contributed by atoms with Crippen molar-refractivity contribution < 1.29 is 9.53 Å². The summed E-state index contributed by atoms with van der Waals surface area (Å²) in [5, 5.41) is 3.30. The minimum atomic E-state index is -0.403. The molecule has 0 atom stereocenters. The first-order valence-electron chi connectivity index (χ1n) is 7.07. The van der Waals surface area contributed by atoms with Crippen molar-refractivity contribution in [3.63, 3.8) is 0 Å². The van der Waals surface area contributed by atoms with Gasteiger partial charge in [-0.05, 0) is 49.2 Å². The molecule has 0 aromatic heterocycles. The molecule has 0 saturated heterocycles. The number of nitrogens with two attached hydrogens (primary N) is 1. The van der Waals surface area contributed by atoms with Gasteiger partial charge in [0.1, 0.15) is 5.75 Å². The quantitative estimate of drug-likeness (QED) is 0.732. The maximum Gasteiger partial charge on any atom is 0.248 e. The molecule has 2 rings (SSSR count). The summed E-state index contributed by atoms with van der Waals surface area (Å²) < 4.78 is 5.62. The van der Waals surface area contributed by atoms with E-state index in [2.05, 4.69) is 5.32 Å². The van der Waals surface area contributed by atoms with E-state index in [1.807, 2.05) is 42.5 Å². The predicted molar refractivity (Wildman–Crippen MR) is 84.6 cm³/mol. The number of anilines is 1. The van der Waals surface area contributed by atoms with E-state index in [9.17, 15) is 4.79 Å². The zero-order chi connectivity index (χ0) is 14.9. The molecular weight excluding hydrogens is 264 g/mol. The van der Waals surface area contributed by atoms with Crippen LogP contribution in [0.2, 0.25) is 0 Å². The van der Waals surface area contributed by atoms with Crippen LogP contribution in [0.25, 0.3) is 0 Å². The summed E-state index contributed by atoms with van der Waals surface area (Å²) in [6.45, 7) is 1.58. The van der Waals surface area contributed by atoms with Gasteiger partial charge in [-0.1, -0.05) is 18.2 Å². The van der Waals surface area contributed by atoms with Gasteiger partial charge in [-0.25, -0.2) is 0 Å². The number of carbonyl (C=O) groups excluding carboxylic acids is 1. The summed E-state index contributed by atoms with van der Waals surface area (Å²) in [5.74, 6) is 0.507. The molecule has 0 radical (unpaired) electrons. The molecule has 21 heavy (non-hydrogen) atoms. The van der Waals surface area contributed by atoms with Crippen LogP contribution in [0.15, 0.2) is 54.6 Å². The average Bonchev–Trinajstić information content (AvgIpc) is 2.52. The van der Waals surface area contributed by atoms with Crippen LogP contribution in [-0.2, 0) is 0 Å². The molecule has 0 fully saturated rings. The Morgan fingerprint density at radius 2 is 1.71 bits per heavy atom. The first-order valence-corrected chi connectivity index (χ1v) is 7.07. The van der Waals surface area contributed by atoms with Gasteiger partial charge in [0.05, 0.1) is 6.61 Å². The summed E-state index contributed by atoms with van der Waals surface area (Å²) in [5.41, 5.74) is 6.71. The highest BCUT2D eigenvalue weighted by molar-refractivity contribution is 5.93. The van der Waals surface area contributed by atoms with E-state index in [1.54, 1.807) is 12.1 Å². The first-order chi connectivity index (χ1) is 10.3. The zero-order valence-corrected chi connectivity index (χ0v) is 11.9. The molecule has 2 aromatic carbocycles. The number of unbranched alkanes of at least 4 members (excludes halogenated alkanes) is 1. The van der Waals surface area contributed by atoms with Gasteiger partial charge in [0.2, 0.25) is 5.91 Å². The van der Waals surface area contributed by atoms with Gasteiger partial charge in [-0.2, -0.15) is 0 Å². The van der Waals surface area contributed by atoms with Crippen molar-refractivity contribution in [1.29, 1.82) is 0 Å². The summed E-state index contributed by atoms with van der Waals surface area (Å²) in [6.07, 6.45) is 2.01. The number of benzene rings is 2. The number of hydrogen-bond acceptors (Lipinski definition) is 3. The number of ether oxygens (including phenoxy) is 1. The van der Waals surface area contributed by atoms with Crippen molar-refractivity contribution in [1.82, 2.24) is 0 Å². The van der Waals surface area contributed by atoms with E-state index in [1.165, 1.54) is 0 Å². The Morgan fingerprint density at radius 3 is 2.38 bits per heavy atom. The second-order valence-corrected chi connectivity index (χ2v) is 4.74. The predicted octanol–water partition coefficient (Wildman–Crippen LogP) is 3.06. The van der Waals surface area contributed by atoms with Gasteiger partial charge in [0, 0.05) is 17.8 Å². The van der Waals surface area contributed by atoms with Crippen LogP contribution in [0, 0.1) is 0 Å². The summed E-state index contributed by atoms with van der Waals surface area (Å²) in [7, 11) is 0. The van der Waals surface area contributed by atoms with Crippen LogP contribution in [0.3, 0.4) is 0 Å². The molecule has 0 aliphatic heterocycles. The monoisotopic (exact) mass is 284 g/mol. The SMILES string of the molecule is NC(=O)c1ccc(NCCCCOc2ccccc2)cc1. The van der Waals surface area contributed by atoms with Crippen molar-refractivity contribution in [3.05, 3.63) is 60.2 Å². The van der Waals surface area contributed by atoms with E-state index in [-0.39, 0.29) is 0 Å². The highest BCUT2D eigenvalue weighted by Crippen LogP contribution is 2.10. The Balaban J connectivity index is 1.60. The standard InChI is InChI=1S/C17H20N2O2/c18-17(20)14-8-10-15(11-9-14)19-12-4-5-13-21-16-6-2-1-3-7-16/h1-3,6-11,19H,4-5,12-13H2,(H2,18,20). The third kappa shape index (κ3) is 5.18. The number of para-hydroxylation sites is 1. The van der Waals surface area contributed by atoms with Gasteiger partial charge in [-0.3, -0.25) is 4.79 Å². The Bertz CT molecular complexity index is 553. The molecule has 4 nitrogen and oxygen atoms in total. The molecule has 2 aromatic rings. The second-order valence-electron chi connectivity index (χ2n) is 4.74. The Labute approximate surface area is 124 Å². The largest absolute Gasteiger partial charge is 0.494 e. The van der Waals surface area contributed by atoms with E-state index in [4.69, 9.17) is 10.5 Å². The molecule has 0 heterocycles. The lowest BCUT2D eigenvalue weighted by molar-refractivity contribution is 0.100. The fraction of sp³-hybridized carbons (Fsp3) is 0.235. The molecule has 0 aliphatic rings. The number of nitrogens with one attached hydrogen (secondary N) is 1. The number of amides is 1. The fourth-order valence-electron chi connectivity index (χ4n) is 1.92. The third-order valence-electron chi connectivity index (χ3n) is 3.08. The smallest absolute Gasteiger partial charge is 0.248 e. The van der Waals surface area contributed by atoms with Crippen molar-refractivity contribution in [2.45, 2.75) is 12.8 Å². The number of rotatable bonds is 8. The normalized spacial score (nSPS) is 10.1. The van der Waals surface area contributed by atoms with Gasteiger partial charge in [0.15, 0.2) is 0 Å². The van der Waals surface area contributed by atoms with Crippen LogP contribution in [0.5, 0.6) is 5.75 Å².